The van der Waals surface area contributed by atoms with Crippen molar-refractivity contribution in [3.8, 4) is 0 Å². The van der Waals surface area contributed by atoms with Gasteiger partial charge in [-0.25, -0.2) is 0 Å². The predicted octanol–water partition coefficient (Wildman–Crippen LogP) is 2.32. The lowest BCUT2D eigenvalue weighted by atomic mass is 9.91. The summed E-state index contributed by atoms with van der Waals surface area (Å²) in [6, 6.07) is 3.41. The van der Waals surface area contributed by atoms with E-state index in [1.54, 1.807) is 41.6 Å². The number of nitrogens with one attached hydrogen (secondary N) is 1. The van der Waals surface area contributed by atoms with Crippen molar-refractivity contribution in [1.29, 1.82) is 0 Å². The maximum atomic E-state index is 13.0. The quantitative estimate of drug-likeness (QED) is 0.749. The molecule has 0 aromatic carbocycles. The Labute approximate surface area is 137 Å². The van der Waals surface area contributed by atoms with Gasteiger partial charge in [-0.05, 0) is 31.4 Å². The molecule has 122 valence electrons. The van der Waals surface area contributed by atoms with Crippen molar-refractivity contribution in [3.05, 3.63) is 55.4 Å². The smallest absolute Gasteiger partial charge is 0.255 e. The normalized spacial score (nSPS) is 16.0. The van der Waals surface area contributed by atoms with Gasteiger partial charge in [0.25, 0.3) is 5.91 Å². The van der Waals surface area contributed by atoms with E-state index in [9.17, 15) is 9.59 Å². The predicted molar refractivity (Wildman–Crippen MR) is 89.9 cm³/mol. The van der Waals surface area contributed by atoms with Crippen molar-refractivity contribution < 1.29 is 9.59 Å². The van der Waals surface area contributed by atoms with Crippen molar-refractivity contribution >= 4 is 11.8 Å². The molecule has 5 nitrogen and oxygen atoms in total. The first-order valence-electron chi connectivity index (χ1n) is 7.87. The molecular formula is C18H23N3O2. The molecule has 0 aliphatic heterocycles. The minimum Gasteiger partial charge on any atom is -0.350 e. The highest BCUT2D eigenvalue weighted by Gasteiger charge is 2.49. The molecule has 0 saturated heterocycles. The van der Waals surface area contributed by atoms with Crippen LogP contribution < -0.4 is 5.32 Å². The summed E-state index contributed by atoms with van der Waals surface area (Å²) < 4.78 is 0. The van der Waals surface area contributed by atoms with Crippen molar-refractivity contribution in [2.24, 2.45) is 0 Å². The van der Waals surface area contributed by atoms with E-state index < -0.39 is 5.54 Å². The lowest BCUT2D eigenvalue weighted by Crippen LogP contribution is -2.60. The number of amides is 2. The first-order chi connectivity index (χ1) is 11.1. The van der Waals surface area contributed by atoms with Crippen LogP contribution in [0.25, 0.3) is 0 Å². The Morgan fingerprint density at radius 3 is 2.52 bits per heavy atom. The fraction of sp³-hybridized carbons (Fsp3) is 0.389. The van der Waals surface area contributed by atoms with Crippen LogP contribution in [0.2, 0.25) is 0 Å². The number of rotatable bonds is 8. The molecule has 0 radical (unpaired) electrons. The van der Waals surface area contributed by atoms with Gasteiger partial charge in [0.1, 0.15) is 5.54 Å². The summed E-state index contributed by atoms with van der Waals surface area (Å²) in [5, 5.41) is 2.81. The topological polar surface area (TPSA) is 62.3 Å². The fourth-order valence-electron chi connectivity index (χ4n) is 2.73. The number of pyridine rings is 1. The third-order valence-corrected chi connectivity index (χ3v) is 4.16. The van der Waals surface area contributed by atoms with E-state index in [1.807, 2.05) is 6.92 Å². The van der Waals surface area contributed by atoms with Gasteiger partial charge >= 0.3 is 0 Å². The number of hydrogen-bond donors (Lipinski definition) is 1. The highest BCUT2D eigenvalue weighted by molar-refractivity contribution is 6.00. The fourth-order valence-corrected chi connectivity index (χ4v) is 2.73. The molecule has 1 unspecified atom stereocenters. The van der Waals surface area contributed by atoms with Gasteiger partial charge in [0.2, 0.25) is 5.91 Å². The van der Waals surface area contributed by atoms with Gasteiger partial charge in [-0.15, -0.1) is 13.2 Å². The summed E-state index contributed by atoms with van der Waals surface area (Å²) in [5.41, 5.74) is -0.520. The van der Waals surface area contributed by atoms with E-state index in [4.69, 9.17) is 0 Å². The second kappa shape index (κ2) is 7.22. The first-order valence-corrected chi connectivity index (χ1v) is 7.87. The maximum Gasteiger partial charge on any atom is 0.255 e. The van der Waals surface area contributed by atoms with Crippen LogP contribution in [-0.2, 0) is 4.79 Å². The van der Waals surface area contributed by atoms with Crippen LogP contribution >= 0.6 is 0 Å². The molecule has 1 atom stereocenters. The maximum absolute atomic E-state index is 13.0. The molecular weight excluding hydrogens is 290 g/mol. The molecule has 2 rings (SSSR count). The minimum atomic E-state index is -1.05. The summed E-state index contributed by atoms with van der Waals surface area (Å²) >= 11 is 0. The summed E-state index contributed by atoms with van der Waals surface area (Å²) in [4.78, 5) is 31.4. The lowest BCUT2D eigenvalue weighted by molar-refractivity contribution is -0.129. The molecule has 1 aromatic rings. The number of nitrogens with zero attached hydrogens (tertiary/aromatic N) is 2. The van der Waals surface area contributed by atoms with E-state index in [0.717, 1.165) is 12.8 Å². The summed E-state index contributed by atoms with van der Waals surface area (Å²) in [5.74, 6) is -0.380. The van der Waals surface area contributed by atoms with Crippen LogP contribution in [-0.4, -0.2) is 39.8 Å². The Balaban J connectivity index is 2.39. The van der Waals surface area contributed by atoms with E-state index in [-0.39, 0.29) is 17.9 Å². The molecule has 5 heteroatoms. The monoisotopic (exact) mass is 313 g/mol. The van der Waals surface area contributed by atoms with E-state index in [0.29, 0.717) is 18.5 Å². The van der Waals surface area contributed by atoms with E-state index in [2.05, 4.69) is 23.5 Å². The van der Waals surface area contributed by atoms with Gasteiger partial charge < -0.3 is 10.2 Å². The summed E-state index contributed by atoms with van der Waals surface area (Å²) in [6.45, 7) is 9.71. The SMILES string of the molecule is C=CCNC(=O)C(C=C)(CC)N(C(=O)c1ccncc1)C1CC1. The second-order valence-corrected chi connectivity index (χ2v) is 5.62. The van der Waals surface area contributed by atoms with Gasteiger partial charge in [0, 0.05) is 30.5 Å². The standard InChI is InChI=1S/C18H23N3O2/c1-4-11-20-17(23)18(5-2,6-3)21(15-7-8-15)16(22)14-9-12-19-13-10-14/h4-5,9-10,12-13,15H,1-2,6-8,11H2,3H3,(H,20,23). The van der Waals surface area contributed by atoms with Gasteiger partial charge in [-0.3, -0.25) is 14.6 Å². The average Bonchev–Trinajstić information content (AvgIpc) is 3.42. The molecule has 1 aliphatic rings. The minimum absolute atomic E-state index is 0.0723. The molecule has 23 heavy (non-hydrogen) atoms. The lowest BCUT2D eigenvalue weighted by Gasteiger charge is -2.40. The third kappa shape index (κ3) is 3.33. The van der Waals surface area contributed by atoms with E-state index >= 15 is 0 Å². The zero-order valence-corrected chi connectivity index (χ0v) is 13.5. The van der Waals surface area contributed by atoms with Crippen LogP contribution in [0, 0.1) is 0 Å². The second-order valence-electron chi connectivity index (χ2n) is 5.62. The molecule has 1 aliphatic carbocycles. The van der Waals surface area contributed by atoms with Gasteiger partial charge in [-0.1, -0.05) is 19.1 Å². The number of aromatic nitrogens is 1. The Morgan fingerprint density at radius 2 is 2.04 bits per heavy atom. The Bertz CT molecular complexity index is 596. The van der Waals surface area contributed by atoms with Crippen molar-refractivity contribution in [2.75, 3.05) is 6.54 Å². The first kappa shape index (κ1) is 16.9. The van der Waals surface area contributed by atoms with Crippen LogP contribution in [0.1, 0.15) is 36.5 Å². The Morgan fingerprint density at radius 1 is 1.39 bits per heavy atom. The van der Waals surface area contributed by atoms with Crippen LogP contribution in [0.4, 0.5) is 0 Å². The summed E-state index contributed by atoms with van der Waals surface area (Å²) in [6.07, 6.45) is 8.64. The molecule has 1 aromatic heterocycles. The number of carbonyl (C=O) groups excluding carboxylic acids is 2. The molecule has 1 saturated carbocycles. The molecule has 0 bridgehead atoms. The molecule has 1 N–H and O–H groups in total. The largest absolute Gasteiger partial charge is 0.350 e. The van der Waals surface area contributed by atoms with Gasteiger partial charge in [0.05, 0.1) is 0 Å². The zero-order chi connectivity index (χ0) is 16.9. The van der Waals surface area contributed by atoms with Crippen molar-refractivity contribution in [3.63, 3.8) is 0 Å². The van der Waals surface area contributed by atoms with Crippen molar-refractivity contribution in [2.45, 2.75) is 37.8 Å². The van der Waals surface area contributed by atoms with E-state index in [1.165, 1.54) is 0 Å². The number of carbonyl (C=O) groups is 2. The molecule has 2 amide bonds. The van der Waals surface area contributed by atoms with Crippen LogP contribution in [0.15, 0.2) is 49.8 Å². The highest BCUT2D eigenvalue weighted by atomic mass is 16.2. The zero-order valence-electron chi connectivity index (χ0n) is 13.5. The van der Waals surface area contributed by atoms with Gasteiger partial charge in [-0.2, -0.15) is 0 Å². The van der Waals surface area contributed by atoms with Crippen molar-refractivity contribution in [1.82, 2.24) is 15.2 Å². The summed E-state index contributed by atoms with van der Waals surface area (Å²) in [7, 11) is 0. The molecule has 0 spiro atoms. The highest BCUT2D eigenvalue weighted by Crippen LogP contribution is 2.37. The molecule has 1 fully saturated rings. The number of hydrogen-bond acceptors (Lipinski definition) is 3. The van der Waals surface area contributed by atoms with Crippen LogP contribution in [0.5, 0.6) is 0 Å². The van der Waals surface area contributed by atoms with Crippen LogP contribution in [0.3, 0.4) is 0 Å². The average molecular weight is 313 g/mol. The Hall–Kier alpha value is -2.43. The Kier molecular flexibility index (Phi) is 5.32. The van der Waals surface area contributed by atoms with Gasteiger partial charge in [0.15, 0.2) is 0 Å². The molecule has 1 heterocycles. The third-order valence-electron chi connectivity index (χ3n) is 4.16.